The van der Waals surface area contributed by atoms with Crippen LogP contribution >= 0.6 is 0 Å². The monoisotopic (exact) mass is 486 g/mol. The molecule has 2 aliphatic rings. The van der Waals surface area contributed by atoms with Gasteiger partial charge in [-0.05, 0) is 68.5 Å². The van der Waals surface area contributed by atoms with Crippen LogP contribution in [0, 0.1) is 5.92 Å². The molecule has 2 aromatic heterocycles. The van der Waals surface area contributed by atoms with E-state index >= 15 is 0 Å². The van der Waals surface area contributed by atoms with Gasteiger partial charge in [0.05, 0.1) is 17.5 Å². The molecule has 10 heteroatoms. The molecule has 3 heterocycles. The number of halogens is 3. The molecule has 35 heavy (non-hydrogen) atoms. The molecule has 2 fully saturated rings. The van der Waals surface area contributed by atoms with Crippen LogP contribution in [0.4, 0.5) is 19.0 Å². The fourth-order valence-corrected chi connectivity index (χ4v) is 4.95. The van der Waals surface area contributed by atoms with Gasteiger partial charge in [0.1, 0.15) is 17.8 Å². The maximum absolute atomic E-state index is 12.9. The van der Waals surface area contributed by atoms with Crippen molar-refractivity contribution in [2.75, 3.05) is 24.5 Å². The van der Waals surface area contributed by atoms with Gasteiger partial charge in [0.2, 0.25) is 5.91 Å². The quantitative estimate of drug-likeness (QED) is 0.524. The van der Waals surface area contributed by atoms with Crippen LogP contribution < -0.4 is 10.6 Å². The molecular formula is C25H29F3N6O. The lowest BCUT2D eigenvalue weighted by Crippen LogP contribution is -2.40. The van der Waals surface area contributed by atoms with Crippen molar-refractivity contribution in [2.45, 2.75) is 51.0 Å². The number of alkyl halides is 3. The van der Waals surface area contributed by atoms with Gasteiger partial charge in [-0.3, -0.25) is 9.69 Å². The normalized spacial score (nSPS) is 17.7. The van der Waals surface area contributed by atoms with E-state index in [1.165, 1.54) is 0 Å². The standard InChI is InChI=1S/C25H29F3N6O/c26-25(27,28)19-3-1-17(2-4-19)14-34(20-5-6-20)24-21-9-12-33(23(21)30-16-31-24)13-18-7-10-32(11-8-18)15-22(29)35/h1-4,9,12,16,18,20H,5-8,10-11,13-15H2,(H2,29,35). The Morgan fingerprint density at radius 1 is 1.06 bits per heavy atom. The van der Waals surface area contributed by atoms with E-state index in [1.807, 2.05) is 12.3 Å². The number of amides is 1. The molecule has 1 aliphatic heterocycles. The molecule has 2 N–H and O–H groups in total. The van der Waals surface area contributed by atoms with E-state index in [2.05, 4.69) is 24.3 Å². The first-order valence-electron chi connectivity index (χ1n) is 12.0. The van der Waals surface area contributed by atoms with Crippen LogP contribution in [0.5, 0.6) is 0 Å². The molecule has 0 bridgehead atoms. The summed E-state index contributed by atoms with van der Waals surface area (Å²) in [6.07, 6.45) is 3.34. The predicted molar refractivity (Wildman–Crippen MR) is 127 cm³/mol. The summed E-state index contributed by atoms with van der Waals surface area (Å²) in [5, 5.41) is 0.956. The lowest BCUT2D eigenvalue weighted by atomic mass is 9.96. The highest BCUT2D eigenvalue weighted by molar-refractivity contribution is 5.88. The van der Waals surface area contributed by atoms with Crippen molar-refractivity contribution in [1.82, 2.24) is 19.4 Å². The number of hydrogen-bond acceptors (Lipinski definition) is 5. The Hall–Kier alpha value is -3.14. The van der Waals surface area contributed by atoms with Crippen molar-refractivity contribution in [3.63, 3.8) is 0 Å². The first kappa shape index (κ1) is 23.6. The summed E-state index contributed by atoms with van der Waals surface area (Å²) < 4.78 is 41.0. The number of aromatic nitrogens is 3. The maximum Gasteiger partial charge on any atom is 0.416 e. The molecule has 1 saturated heterocycles. The van der Waals surface area contributed by atoms with Gasteiger partial charge < -0.3 is 15.2 Å². The molecule has 1 aromatic carbocycles. The molecule has 7 nitrogen and oxygen atoms in total. The zero-order valence-corrected chi connectivity index (χ0v) is 19.4. The van der Waals surface area contributed by atoms with Gasteiger partial charge in [-0.15, -0.1) is 0 Å². The molecule has 1 saturated carbocycles. The Labute approximate surface area is 201 Å². The molecule has 1 aliphatic carbocycles. The van der Waals surface area contributed by atoms with Gasteiger partial charge in [0.25, 0.3) is 0 Å². The van der Waals surface area contributed by atoms with E-state index < -0.39 is 11.7 Å². The first-order chi connectivity index (χ1) is 16.8. The van der Waals surface area contributed by atoms with Gasteiger partial charge in [0, 0.05) is 25.3 Å². The van der Waals surface area contributed by atoms with Gasteiger partial charge in [-0.25, -0.2) is 9.97 Å². The number of nitrogens with zero attached hydrogens (tertiary/aromatic N) is 5. The van der Waals surface area contributed by atoms with Gasteiger partial charge >= 0.3 is 6.18 Å². The average Bonchev–Trinajstić information content (AvgIpc) is 3.59. The van der Waals surface area contributed by atoms with Crippen molar-refractivity contribution < 1.29 is 18.0 Å². The van der Waals surface area contributed by atoms with Crippen LogP contribution in [0.3, 0.4) is 0 Å². The van der Waals surface area contributed by atoms with Crippen molar-refractivity contribution in [3.05, 3.63) is 54.0 Å². The number of benzene rings is 1. The van der Waals surface area contributed by atoms with Gasteiger partial charge in [-0.1, -0.05) is 12.1 Å². The number of carbonyl (C=O) groups excluding carboxylic acids is 1. The fourth-order valence-electron chi connectivity index (χ4n) is 4.95. The largest absolute Gasteiger partial charge is 0.416 e. The number of rotatable bonds is 8. The summed E-state index contributed by atoms with van der Waals surface area (Å²) in [4.78, 5) is 24.6. The highest BCUT2D eigenvalue weighted by Crippen LogP contribution is 2.36. The minimum absolute atomic E-state index is 0.291. The molecule has 5 rings (SSSR count). The molecule has 186 valence electrons. The SMILES string of the molecule is NC(=O)CN1CCC(Cn2ccc3c(N(Cc4ccc(C(F)(F)F)cc4)C4CC4)ncnc32)CC1. The van der Waals surface area contributed by atoms with Crippen LogP contribution in [-0.2, 0) is 24.1 Å². The maximum atomic E-state index is 12.9. The second-order valence-corrected chi connectivity index (χ2v) is 9.64. The zero-order chi connectivity index (χ0) is 24.6. The highest BCUT2D eigenvalue weighted by Gasteiger charge is 2.33. The third-order valence-corrected chi connectivity index (χ3v) is 6.97. The number of fused-ring (bicyclic) bond motifs is 1. The lowest BCUT2D eigenvalue weighted by Gasteiger charge is -2.31. The predicted octanol–water partition coefficient (Wildman–Crippen LogP) is 3.82. The third kappa shape index (κ3) is 5.42. The second-order valence-electron chi connectivity index (χ2n) is 9.64. The van der Waals surface area contributed by atoms with E-state index in [1.54, 1.807) is 18.5 Å². The van der Waals surface area contributed by atoms with Crippen molar-refractivity contribution in [2.24, 2.45) is 11.7 Å². The van der Waals surface area contributed by atoms with Crippen LogP contribution in [-0.4, -0.2) is 51.0 Å². The average molecular weight is 487 g/mol. The number of primary amides is 1. The van der Waals surface area contributed by atoms with E-state index in [0.717, 1.165) is 79.9 Å². The Morgan fingerprint density at radius 2 is 1.77 bits per heavy atom. The molecule has 0 unspecified atom stereocenters. The summed E-state index contributed by atoms with van der Waals surface area (Å²) in [5.41, 5.74) is 6.37. The van der Waals surface area contributed by atoms with Crippen LogP contribution in [0.1, 0.15) is 36.8 Å². The summed E-state index contributed by atoms with van der Waals surface area (Å²) in [6.45, 7) is 3.36. The topological polar surface area (TPSA) is 80.3 Å². The second kappa shape index (κ2) is 9.49. The van der Waals surface area contributed by atoms with E-state index in [0.29, 0.717) is 25.0 Å². The third-order valence-electron chi connectivity index (χ3n) is 6.97. The van der Waals surface area contributed by atoms with Gasteiger partial charge in [-0.2, -0.15) is 13.2 Å². The Morgan fingerprint density at radius 3 is 2.40 bits per heavy atom. The molecule has 3 aromatic rings. The Bertz CT molecular complexity index is 1180. The smallest absolute Gasteiger partial charge is 0.369 e. The molecular weight excluding hydrogens is 457 g/mol. The van der Waals surface area contributed by atoms with Crippen molar-refractivity contribution >= 4 is 22.8 Å². The van der Waals surface area contributed by atoms with E-state index in [9.17, 15) is 18.0 Å². The van der Waals surface area contributed by atoms with Crippen molar-refractivity contribution in [3.8, 4) is 0 Å². The number of piperidine rings is 1. The van der Waals surface area contributed by atoms with Crippen LogP contribution in [0.15, 0.2) is 42.9 Å². The lowest BCUT2D eigenvalue weighted by molar-refractivity contribution is -0.137. The summed E-state index contributed by atoms with van der Waals surface area (Å²) in [7, 11) is 0. The van der Waals surface area contributed by atoms with Crippen LogP contribution in [0.2, 0.25) is 0 Å². The van der Waals surface area contributed by atoms with E-state index in [4.69, 9.17) is 5.73 Å². The number of anilines is 1. The highest BCUT2D eigenvalue weighted by atomic mass is 19.4. The minimum atomic E-state index is -4.34. The Kier molecular flexibility index (Phi) is 6.39. The molecule has 0 spiro atoms. The number of likely N-dealkylation sites (tertiary alicyclic amines) is 1. The van der Waals surface area contributed by atoms with Crippen LogP contribution in [0.25, 0.3) is 11.0 Å². The number of nitrogens with two attached hydrogens (primary N) is 1. The summed E-state index contributed by atoms with van der Waals surface area (Å²) >= 11 is 0. The molecule has 1 amide bonds. The summed E-state index contributed by atoms with van der Waals surface area (Å²) in [6, 6.07) is 7.74. The minimum Gasteiger partial charge on any atom is -0.369 e. The number of carbonyl (C=O) groups is 1. The first-order valence-corrected chi connectivity index (χ1v) is 12.0. The van der Waals surface area contributed by atoms with E-state index in [-0.39, 0.29) is 5.91 Å². The molecule has 0 radical (unpaired) electrons. The van der Waals surface area contributed by atoms with Crippen molar-refractivity contribution in [1.29, 1.82) is 0 Å². The molecule has 0 atom stereocenters. The summed E-state index contributed by atoms with van der Waals surface area (Å²) in [5.74, 6) is 1.02. The number of hydrogen-bond donors (Lipinski definition) is 1. The van der Waals surface area contributed by atoms with Gasteiger partial charge in [0.15, 0.2) is 0 Å². The Balaban J connectivity index is 1.32. The fraction of sp³-hybridized carbons (Fsp3) is 0.480. The zero-order valence-electron chi connectivity index (χ0n) is 19.4.